The smallest absolute Gasteiger partial charge is 0.122 e. The van der Waals surface area contributed by atoms with Gasteiger partial charge in [0, 0.05) is 13.0 Å². The zero-order valence-electron chi connectivity index (χ0n) is 12.2. The lowest BCUT2D eigenvalue weighted by molar-refractivity contribution is -0.0645. The van der Waals surface area contributed by atoms with Crippen molar-refractivity contribution in [3.63, 3.8) is 0 Å². The van der Waals surface area contributed by atoms with Crippen LogP contribution in [-0.2, 0) is 11.2 Å². The van der Waals surface area contributed by atoms with E-state index < -0.39 is 0 Å². The first kappa shape index (κ1) is 14.4. The number of hydrogen-bond donors (Lipinski definition) is 1. The molecule has 19 heavy (non-hydrogen) atoms. The van der Waals surface area contributed by atoms with E-state index in [1.807, 2.05) is 13.0 Å². The molecule has 2 rings (SSSR count). The van der Waals surface area contributed by atoms with Crippen LogP contribution in [0.4, 0.5) is 0 Å². The lowest BCUT2D eigenvalue weighted by atomic mass is 9.84. The monoisotopic (exact) mass is 263 g/mol. The molecule has 1 unspecified atom stereocenters. The topological polar surface area (TPSA) is 44.5 Å². The standard InChI is InChI=1S/C16H25NO2/c1-4-16(5-2,19-6-3)15(17)13-7-8-14-12(11-13)9-10-18-14/h7-8,11,15H,4-6,9-10,17H2,1-3H3. The van der Waals surface area contributed by atoms with E-state index in [1.165, 1.54) is 5.56 Å². The number of ether oxygens (including phenoxy) is 2. The number of fused-ring (bicyclic) bond motifs is 1. The Labute approximate surface area is 116 Å². The van der Waals surface area contributed by atoms with Crippen LogP contribution < -0.4 is 10.5 Å². The number of benzene rings is 1. The number of nitrogens with two attached hydrogens (primary N) is 1. The molecule has 0 amide bonds. The molecule has 0 aliphatic carbocycles. The Balaban J connectivity index is 2.28. The van der Waals surface area contributed by atoms with Crippen molar-refractivity contribution in [1.82, 2.24) is 0 Å². The van der Waals surface area contributed by atoms with Crippen molar-refractivity contribution in [2.75, 3.05) is 13.2 Å². The van der Waals surface area contributed by atoms with Gasteiger partial charge in [0.05, 0.1) is 18.2 Å². The van der Waals surface area contributed by atoms with Crippen LogP contribution in [0.2, 0.25) is 0 Å². The maximum Gasteiger partial charge on any atom is 0.122 e. The van der Waals surface area contributed by atoms with E-state index >= 15 is 0 Å². The molecule has 0 fully saturated rings. The third kappa shape index (κ3) is 2.63. The van der Waals surface area contributed by atoms with Gasteiger partial charge in [0.2, 0.25) is 0 Å². The fourth-order valence-electron chi connectivity index (χ4n) is 2.97. The summed E-state index contributed by atoms with van der Waals surface area (Å²) in [7, 11) is 0. The summed E-state index contributed by atoms with van der Waals surface area (Å²) in [6.45, 7) is 7.81. The Morgan fingerprint density at radius 1 is 1.32 bits per heavy atom. The van der Waals surface area contributed by atoms with Crippen LogP contribution in [0, 0.1) is 0 Å². The van der Waals surface area contributed by atoms with Crippen molar-refractivity contribution in [3.8, 4) is 5.75 Å². The average molecular weight is 263 g/mol. The van der Waals surface area contributed by atoms with Crippen molar-refractivity contribution in [2.24, 2.45) is 5.73 Å². The van der Waals surface area contributed by atoms with Crippen molar-refractivity contribution in [3.05, 3.63) is 29.3 Å². The molecule has 1 atom stereocenters. The van der Waals surface area contributed by atoms with Gasteiger partial charge in [-0.25, -0.2) is 0 Å². The highest BCUT2D eigenvalue weighted by Crippen LogP contribution is 2.36. The van der Waals surface area contributed by atoms with Crippen molar-refractivity contribution >= 4 is 0 Å². The molecule has 2 N–H and O–H groups in total. The van der Waals surface area contributed by atoms with E-state index in [0.717, 1.165) is 37.2 Å². The summed E-state index contributed by atoms with van der Waals surface area (Å²) >= 11 is 0. The molecule has 0 radical (unpaired) electrons. The minimum atomic E-state index is -0.261. The lowest BCUT2D eigenvalue weighted by Crippen LogP contribution is -2.43. The van der Waals surface area contributed by atoms with Gasteiger partial charge >= 0.3 is 0 Å². The third-order valence-corrected chi connectivity index (χ3v) is 4.27. The van der Waals surface area contributed by atoms with E-state index in [2.05, 4.69) is 26.0 Å². The second-order valence-electron chi connectivity index (χ2n) is 5.15. The molecule has 0 spiro atoms. The maximum atomic E-state index is 6.51. The van der Waals surface area contributed by atoms with Gasteiger partial charge in [-0.3, -0.25) is 0 Å². The van der Waals surface area contributed by atoms with Crippen molar-refractivity contribution in [1.29, 1.82) is 0 Å². The molecular weight excluding hydrogens is 238 g/mol. The molecule has 1 aromatic carbocycles. The van der Waals surface area contributed by atoms with Gasteiger partial charge in [-0.2, -0.15) is 0 Å². The van der Waals surface area contributed by atoms with Gasteiger partial charge < -0.3 is 15.2 Å². The van der Waals surface area contributed by atoms with Gasteiger partial charge in [-0.15, -0.1) is 0 Å². The molecule has 1 aliphatic rings. The minimum absolute atomic E-state index is 0.0895. The Morgan fingerprint density at radius 3 is 2.68 bits per heavy atom. The van der Waals surface area contributed by atoms with Crippen LogP contribution in [0.1, 0.15) is 50.8 Å². The van der Waals surface area contributed by atoms with Gasteiger partial charge in [-0.1, -0.05) is 26.0 Å². The maximum absolute atomic E-state index is 6.51. The zero-order valence-corrected chi connectivity index (χ0v) is 12.2. The van der Waals surface area contributed by atoms with Gasteiger partial charge in [-0.05, 0) is 37.0 Å². The van der Waals surface area contributed by atoms with E-state index in [9.17, 15) is 0 Å². The summed E-state index contributed by atoms with van der Waals surface area (Å²) in [6, 6.07) is 6.22. The fraction of sp³-hybridized carbons (Fsp3) is 0.625. The van der Waals surface area contributed by atoms with Crippen LogP contribution in [-0.4, -0.2) is 18.8 Å². The molecule has 0 saturated carbocycles. The Bertz CT molecular complexity index is 427. The second kappa shape index (κ2) is 5.93. The number of hydrogen-bond acceptors (Lipinski definition) is 3. The van der Waals surface area contributed by atoms with E-state index in [0.29, 0.717) is 6.61 Å². The lowest BCUT2D eigenvalue weighted by Gasteiger charge is -2.37. The van der Waals surface area contributed by atoms with Crippen LogP contribution in [0.25, 0.3) is 0 Å². The van der Waals surface area contributed by atoms with Crippen molar-refractivity contribution < 1.29 is 9.47 Å². The van der Waals surface area contributed by atoms with Gasteiger partial charge in [0.25, 0.3) is 0 Å². The molecule has 0 aromatic heterocycles. The SMILES string of the molecule is CCOC(CC)(CC)C(N)c1ccc2c(c1)CCO2. The largest absolute Gasteiger partial charge is 0.493 e. The molecule has 0 bridgehead atoms. The van der Waals surface area contributed by atoms with Gasteiger partial charge in [0.1, 0.15) is 5.75 Å². The second-order valence-corrected chi connectivity index (χ2v) is 5.15. The predicted molar refractivity (Wildman–Crippen MR) is 77.5 cm³/mol. The highest BCUT2D eigenvalue weighted by atomic mass is 16.5. The molecule has 3 heteroatoms. The first-order valence-electron chi connectivity index (χ1n) is 7.32. The first-order chi connectivity index (χ1) is 9.16. The van der Waals surface area contributed by atoms with Gasteiger partial charge in [0.15, 0.2) is 0 Å². The van der Waals surface area contributed by atoms with E-state index in [1.54, 1.807) is 0 Å². The Hall–Kier alpha value is -1.06. The first-order valence-corrected chi connectivity index (χ1v) is 7.32. The summed E-state index contributed by atoms with van der Waals surface area (Å²) in [5, 5.41) is 0. The predicted octanol–water partition coefficient (Wildman–Crippen LogP) is 3.22. The zero-order chi connectivity index (χ0) is 13.9. The highest BCUT2D eigenvalue weighted by molar-refractivity contribution is 5.41. The van der Waals surface area contributed by atoms with Crippen LogP contribution in [0.5, 0.6) is 5.75 Å². The quantitative estimate of drug-likeness (QED) is 0.857. The summed E-state index contributed by atoms with van der Waals surface area (Å²) in [4.78, 5) is 0. The molecule has 3 nitrogen and oxygen atoms in total. The third-order valence-electron chi connectivity index (χ3n) is 4.27. The molecule has 1 aromatic rings. The van der Waals surface area contributed by atoms with Crippen molar-refractivity contribution in [2.45, 2.75) is 51.7 Å². The minimum Gasteiger partial charge on any atom is -0.493 e. The summed E-state index contributed by atoms with van der Waals surface area (Å²) in [5.41, 5.74) is 8.67. The number of rotatable bonds is 6. The Kier molecular flexibility index (Phi) is 4.48. The van der Waals surface area contributed by atoms with E-state index in [-0.39, 0.29) is 11.6 Å². The summed E-state index contributed by atoms with van der Waals surface area (Å²) < 4.78 is 11.6. The molecular formula is C16H25NO2. The molecule has 1 aliphatic heterocycles. The molecule has 106 valence electrons. The van der Waals surface area contributed by atoms with Crippen LogP contribution in [0.3, 0.4) is 0 Å². The highest BCUT2D eigenvalue weighted by Gasteiger charge is 2.35. The summed E-state index contributed by atoms with van der Waals surface area (Å²) in [5.74, 6) is 1.01. The van der Waals surface area contributed by atoms with E-state index in [4.69, 9.17) is 15.2 Å². The molecule has 0 saturated heterocycles. The van der Waals surface area contributed by atoms with Crippen LogP contribution in [0.15, 0.2) is 18.2 Å². The normalized spacial score (nSPS) is 16.0. The molecule has 1 heterocycles. The Morgan fingerprint density at radius 2 is 2.05 bits per heavy atom. The fourth-order valence-corrected chi connectivity index (χ4v) is 2.97. The average Bonchev–Trinajstić information content (AvgIpc) is 2.91. The summed E-state index contributed by atoms with van der Waals surface area (Å²) in [6.07, 6.45) is 2.83. The van der Waals surface area contributed by atoms with Crippen LogP contribution >= 0.6 is 0 Å².